The highest BCUT2D eigenvalue weighted by Gasteiger charge is 2.34. The highest BCUT2D eigenvalue weighted by atomic mass is 35.5. The number of carbonyl (C=O) groups excluding carboxylic acids is 1. The minimum atomic E-state index is -0.525. The molecule has 3 atom stereocenters. The van der Waals surface area contributed by atoms with Crippen molar-refractivity contribution in [1.29, 1.82) is 0 Å². The lowest BCUT2D eigenvalue weighted by Crippen LogP contribution is -2.39. The smallest absolute Gasteiger partial charge is 0.262 e. The summed E-state index contributed by atoms with van der Waals surface area (Å²) in [6.45, 7) is 2.85. The molecule has 196 valence electrons. The number of anilines is 1. The zero-order chi connectivity index (χ0) is 24.8. The second-order valence-corrected chi connectivity index (χ2v) is 9.51. The lowest BCUT2D eigenvalue weighted by molar-refractivity contribution is -0.118. The maximum atomic E-state index is 14.3. The quantitative estimate of drug-likeness (QED) is 0.436. The van der Waals surface area contributed by atoms with Crippen LogP contribution in [0.3, 0.4) is 0 Å². The van der Waals surface area contributed by atoms with Gasteiger partial charge in [-0.3, -0.25) is 24.0 Å². The van der Waals surface area contributed by atoms with Crippen molar-refractivity contribution in [2.45, 2.75) is 18.7 Å². The molecule has 3 aromatic rings. The largest absolute Gasteiger partial charge is 0.486 e. The molecule has 3 N–H and O–H groups in total. The molecule has 0 spiro atoms. The van der Waals surface area contributed by atoms with Crippen molar-refractivity contribution in [3.63, 3.8) is 0 Å². The maximum absolute atomic E-state index is 14.3. The van der Waals surface area contributed by atoms with Gasteiger partial charge >= 0.3 is 0 Å². The van der Waals surface area contributed by atoms with E-state index in [1.807, 2.05) is 0 Å². The molecule has 0 aliphatic carbocycles. The molecule has 1 fully saturated rings. The molecule has 3 aliphatic rings. The fourth-order valence-electron chi connectivity index (χ4n) is 5.28. The highest BCUT2D eigenvalue weighted by Crippen LogP contribution is 2.34. The van der Waals surface area contributed by atoms with E-state index < -0.39 is 11.9 Å². The fraction of sp³-hybridized carbons (Fsp3) is 0.400. The number of fused-ring (bicyclic) bond motifs is 1. The van der Waals surface area contributed by atoms with Crippen LogP contribution < -0.4 is 25.7 Å². The lowest BCUT2D eigenvalue weighted by atomic mass is 10.1. The Labute approximate surface area is 217 Å². The number of amides is 1. The van der Waals surface area contributed by atoms with Gasteiger partial charge < -0.3 is 25.2 Å². The Kier molecular flexibility index (Phi) is 7.04. The molecule has 1 amide bonds. The summed E-state index contributed by atoms with van der Waals surface area (Å²) in [5, 5.41) is 17.5. The third kappa shape index (κ3) is 4.87. The van der Waals surface area contributed by atoms with E-state index >= 15 is 0 Å². The molecule has 37 heavy (non-hydrogen) atoms. The topological polar surface area (TPSA) is 118 Å². The zero-order valence-corrected chi connectivity index (χ0v) is 20.7. The van der Waals surface area contributed by atoms with Gasteiger partial charge in [-0.2, -0.15) is 0 Å². The van der Waals surface area contributed by atoms with Gasteiger partial charge in [-0.05, 0) is 24.3 Å². The molecule has 12 heteroatoms. The molecular formula is C25H27ClFN5O5. The van der Waals surface area contributed by atoms with Crippen LogP contribution in [0.25, 0.3) is 10.9 Å². The van der Waals surface area contributed by atoms with Crippen LogP contribution in [0.2, 0.25) is 0 Å². The average molecular weight is 532 g/mol. The summed E-state index contributed by atoms with van der Waals surface area (Å²) in [4.78, 5) is 30.7. The van der Waals surface area contributed by atoms with Gasteiger partial charge in [0.05, 0.1) is 35.2 Å². The van der Waals surface area contributed by atoms with Crippen molar-refractivity contribution in [3.8, 4) is 11.5 Å². The summed E-state index contributed by atoms with van der Waals surface area (Å²) < 4.78 is 27.0. The Morgan fingerprint density at radius 3 is 2.89 bits per heavy atom. The molecule has 0 unspecified atom stereocenters. The van der Waals surface area contributed by atoms with Gasteiger partial charge in [0.1, 0.15) is 6.61 Å². The van der Waals surface area contributed by atoms with E-state index in [1.165, 1.54) is 12.1 Å². The lowest BCUT2D eigenvalue weighted by Gasteiger charge is -2.31. The zero-order valence-electron chi connectivity index (χ0n) is 19.9. The molecule has 3 aliphatic heterocycles. The number of hydrogen-bond donors (Lipinski definition) is 3. The van der Waals surface area contributed by atoms with E-state index in [9.17, 15) is 19.1 Å². The Morgan fingerprint density at radius 1 is 1.19 bits per heavy atom. The first-order chi connectivity index (χ1) is 17.5. The van der Waals surface area contributed by atoms with Crippen LogP contribution in [0.1, 0.15) is 11.7 Å². The normalized spacial score (nSPS) is 22.5. The third-order valence-corrected chi connectivity index (χ3v) is 7.00. The Hall–Kier alpha value is -3.25. The summed E-state index contributed by atoms with van der Waals surface area (Å²) >= 11 is 0. The number of halogens is 2. The average Bonchev–Trinajstić information content (AvgIpc) is 3.21. The molecule has 1 saturated heterocycles. The van der Waals surface area contributed by atoms with Gasteiger partial charge in [0.25, 0.3) is 11.5 Å². The number of carbonyl (C=O) groups is 1. The van der Waals surface area contributed by atoms with E-state index in [-0.39, 0.29) is 54.8 Å². The number of rotatable bonds is 6. The Balaban J connectivity index is 0.00000280. The van der Waals surface area contributed by atoms with Crippen molar-refractivity contribution >= 4 is 34.9 Å². The van der Waals surface area contributed by atoms with E-state index in [2.05, 4.69) is 20.5 Å². The second-order valence-electron chi connectivity index (χ2n) is 9.51. The Morgan fingerprint density at radius 2 is 2.03 bits per heavy atom. The first kappa shape index (κ1) is 25.4. The summed E-state index contributed by atoms with van der Waals surface area (Å²) in [7, 11) is 0. The fourth-order valence-corrected chi connectivity index (χ4v) is 5.28. The van der Waals surface area contributed by atoms with Gasteiger partial charge in [-0.25, -0.2) is 4.39 Å². The van der Waals surface area contributed by atoms with Crippen molar-refractivity contribution in [3.05, 3.63) is 58.4 Å². The summed E-state index contributed by atoms with van der Waals surface area (Å²) in [5.74, 6) is -0.0185. The van der Waals surface area contributed by atoms with Crippen molar-refractivity contribution in [2.24, 2.45) is 5.92 Å². The summed E-state index contributed by atoms with van der Waals surface area (Å²) in [5.41, 5.74) is 1.64. The third-order valence-electron chi connectivity index (χ3n) is 7.00. The van der Waals surface area contributed by atoms with Crippen LogP contribution in [0.15, 0.2) is 41.3 Å². The number of nitrogens with zero attached hydrogens (tertiary/aromatic N) is 3. The number of nitrogens with one attached hydrogen (secondary N) is 2. The van der Waals surface area contributed by atoms with Crippen molar-refractivity contribution in [2.75, 3.05) is 44.7 Å². The number of pyridine rings is 2. The van der Waals surface area contributed by atoms with E-state index in [4.69, 9.17) is 9.47 Å². The molecule has 0 saturated carbocycles. The van der Waals surface area contributed by atoms with Crippen molar-refractivity contribution < 1.29 is 23.8 Å². The number of likely N-dealkylation sites (tertiary alicyclic amines) is 1. The van der Waals surface area contributed by atoms with Crippen molar-refractivity contribution in [1.82, 2.24) is 19.8 Å². The van der Waals surface area contributed by atoms with E-state index in [1.54, 1.807) is 29.0 Å². The standard InChI is InChI=1S/C25H26FN5O5.ClH/c26-18-3-1-14-2-4-23(34)31-17(12-36-25(18)24(14)31)10-30-9-15(20(32)11-30)6-27-7-16-5-19-21(8-28-16)35-13-22(33)29-19;/h1-5,8,15,17,20,27,32H,6-7,9-13H2,(H,29,33);1H/t15-,17-,20-;/m1./s1. The molecule has 2 aromatic heterocycles. The van der Waals surface area contributed by atoms with Crippen LogP contribution in [-0.4, -0.2) is 71.0 Å². The predicted molar refractivity (Wildman–Crippen MR) is 136 cm³/mol. The summed E-state index contributed by atoms with van der Waals surface area (Å²) in [6, 6.07) is 7.67. The molecule has 5 heterocycles. The molecule has 6 rings (SSSR count). The number of ether oxygens (including phenoxy) is 2. The molecular weight excluding hydrogens is 505 g/mol. The molecule has 0 radical (unpaired) electrons. The minimum Gasteiger partial charge on any atom is -0.486 e. The monoisotopic (exact) mass is 531 g/mol. The van der Waals surface area contributed by atoms with Gasteiger partial charge in [-0.1, -0.05) is 0 Å². The first-order valence-electron chi connectivity index (χ1n) is 12.0. The van der Waals surface area contributed by atoms with Crippen LogP contribution in [0.4, 0.5) is 10.1 Å². The molecule has 0 bridgehead atoms. The first-order valence-corrected chi connectivity index (χ1v) is 12.0. The number of benzene rings is 1. The van der Waals surface area contributed by atoms with Crippen LogP contribution in [-0.2, 0) is 11.3 Å². The number of aliphatic hydroxyl groups excluding tert-OH is 1. The van der Waals surface area contributed by atoms with Gasteiger partial charge in [0.2, 0.25) is 0 Å². The van der Waals surface area contributed by atoms with Crippen LogP contribution >= 0.6 is 12.4 Å². The molecule has 1 aromatic carbocycles. The number of aromatic nitrogens is 2. The maximum Gasteiger partial charge on any atom is 0.262 e. The predicted octanol–water partition coefficient (Wildman–Crippen LogP) is 1.30. The number of β-amino-alcohol motifs (C(OH)–C–C–N with tert-alkyl or cyclic N) is 1. The number of hydrogen-bond acceptors (Lipinski definition) is 8. The van der Waals surface area contributed by atoms with E-state index in [0.29, 0.717) is 49.7 Å². The van der Waals surface area contributed by atoms with E-state index in [0.717, 1.165) is 11.1 Å². The van der Waals surface area contributed by atoms with Gasteiger partial charge in [0, 0.05) is 50.1 Å². The SMILES string of the molecule is Cl.O=C1COc2cnc(CNC[C@@H]3CN(C[C@@H]4COc5c(F)ccc6ccc(=O)n4c56)C[C@H]3O)cc2N1. The Bertz CT molecular complexity index is 1400. The summed E-state index contributed by atoms with van der Waals surface area (Å²) in [6.07, 6.45) is 1.07. The highest BCUT2D eigenvalue weighted by molar-refractivity contribution is 5.95. The molecule has 10 nitrogen and oxygen atoms in total. The number of aliphatic hydroxyl groups is 1. The van der Waals surface area contributed by atoms with Crippen LogP contribution in [0.5, 0.6) is 11.5 Å². The van der Waals surface area contributed by atoms with Gasteiger partial charge in [-0.15, -0.1) is 12.4 Å². The van der Waals surface area contributed by atoms with Crippen LogP contribution in [0, 0.1) is 11.7 Å². The van der Waals surface area contributed by atoms with Gasteiger partial charge in [0.15, 0.2) is 23.9 Å². The minimum absolute atomic E-state index is 0. The second kappa shape index (κ2) is 10.3.